The Labute approximate surface area is 174 Å². The fraction of sp³-hybridized carbons (Fsp3) is 0.429. The summed E-state index contributed by atoms with van der Waals surface area (Å²) in [5, 5.41) is 17.6. The van der Waals surface area contributed by atoms with E-state index >= 15 is 0 Å². The van der Waals surface area contributed by atoms with Crippen LogP contribution in [0.15, 0.2) is 47.8 Å². The molecule has 29 heavy (non-hydrogen) atoms. The molecule has 7 nitrogen and oxygen atoms in total. The quantitative estimate of drug-likeness (QED) is 0.648. The van der Waals surface area contributed by atoms with Gasteiger partial charge in [-0.15, -0.1) is 21.5 Å². The maximum atomic E-state index is 12.5. The van der Waals surface area contributed by atoms with Crippen molar-refractivity contribution in [2.24, 2.45) is 5.92 Å². The van der Waals surface area contributed by atoms with E-state index in [1.165, 1.54) is 22.5 Å². The number of amides is 1. The molecule has 1 fully saturated rings. The number of aromatic nitrogens is 4. The first kappa shape index (κ1) is 19.7. The number of carbonyl (C=O) groups is 1. The summed E-state index contributed by atoms with van der Waals surface area (Å²) < 4.78 is 0. The first-order chi connectivity index (χ1) is 14.2. The normalized spacial score (nSPS) is 16.6. The molecule has 1 aliphatic rings. The number of rotatable bonds is 7. The number of benzene rings is 1. The van der Waals surface area contributed by atoms with Gasteiger partial charge < -0.3 is 5.32 Å². The molecule has 0 radical (unpaired) electrons. The average molecular weight is 411 g/mol. The Morgan fingerprint density at radius 3 is 2.72 bits per heavy atom. The summed E-state index contributed by atoms with van der Waals surface area (Å²) in [4.78, 5) is 17.6. The van der Waals surface area contributed by atoms with E-state index in [1.807, 2.05) is 30.3 Å². The van der Waals surface area contributed by atoms with Gasteiger partial charge in [0.2, 0.25) is 11.7 Å². The van der Waals surface area contributed by atoms with Crippen LogP contribution in [0, 0.1) is 5.92 Å². The van der Waals surface area contributed by atoms with Crippen LogP contribution >= 0.6 is 11.3 Å². The molecule has 0 bridgehead atoms. The molecule has 2 aromatic heterocycles. The van der Waals surface area contributed by atoms with Crippen LogP contribution in [-0.4, -0.2) is 50.6 Å². The molecule has 1 saturated heterocycles. The fourth-order valence-corrected chi connectivity index (χ4v) is 4.50. The number of tetrazole rings is 1. The van der Waals surface area contributed by atoms with Crippen LogP contribution in [0.4, 0.5) is 0 Å². The molecule has 4 rings (SSSR count). The predicted molar refractivity (Wildman–Crippen MR) is 113 cm³/mol. The van der Waals surface area contributed by atoms with Crippen LogP contribution in [-0.2, 0) is 11.3 Å². The van der Waals surface area contributed by atoms with E-state index < -0.39 is 0 Å². The SMILES string of the molecule is CC1CCN(C(CNC(=O)Cn2nnc(-c3ccccc3)n2)c2cccs2)CC1. The Morgan fingerprint density at radius 1 is 1.21 bits per heavy atom. The van der Waals surface area contributed by atoms with Gasteiger partial charge in [-0.2, -0.15) is 4.80 Å². The van der Waals surface area contributed by atoms with Crippen molar-refractivity contribution >= 4 is 17.2 Å². The van der Waals surface area contributed by atoms with Crippen LogP contribution in [0.3, 0.4) is 0 Å². The molecule has 1 aromatic carbocycles. The van der Waals surface area contributed by atoms with Crippen LogP contribution < -0.4 is 5.32 Å². The van der Waals surface area contributed by atoms with Gasteiger partial charge in [0, 0.05) is 17.0 Å². The number of hydrogen-bond acceptors (Lipinski definition) is 6. The molecular weight excluding hydrogens is 384 g/mol. The zero-order valence-electron chi connectivity index (χ0n) is 16.6. The molecule has 1 N–H and O–H groups in total. The second-order valence-electron chi connectivity index (χ2n) is 7.56. The van der Waals surface area contributed by atoms with Crippen LogP contribution in [0.2, 0.25) is 0 Å². The van der Waals surface area contributed by atoms with Gasteiger partial charge >= 0.3 is 0 Å². The third-order valence-electron chi connectivity index (χ3n) is 5.39. The minimum atomic E-state index is -0.103. The molecule has 3 aromatic rings. The summed E-state index contributed by atoms with van der Waals surface area (Å²) in [5.74, 6) is 1.20. The lowest BCUT2D eigenvalue weighted by Gasteiger charge is -2.36. The van der Waals surface area contributed by atoms with Gasteiger partial charge in [-0.3, -0.25) is 9.69 Å². The lowest BCUT2D eigenvalue weighted by molar-refractivity contribution is -0.122. The van der Waals surface area contributed by atoms with E-state index in [2.05, 4.69) is 50.1 Å². The maximum absolute atomic E-state index is 12.5. The topological polar surface area (TPSA) is 75.9 Å². The highest BCUT2D eigenvalue weighted by Gasteiger charge is 2.25. The summed E-state index contributed by atoms with van der Waals surface area (Å²) in [6, 6.07) is 14.1. The number of nitrogens with one attached hydrogen (secondary N) is 1. The van der Waals surface area contributed by atoms with Gasteiger partial charge in [0.05, 0.1) is 6.04 Å². The van der Waals surface area contributed by atoms with Crippen molar-refractivity contribution in [3.8, 4) is 11.4 Å². The minimum absolute atomic E-state index is 0.0635. The number of carbonyl (C=O) groups excluding carboxylic acids is 1. The van der Waals surface area contributed by atoms with Crippen LogP contribution in [0.5, 0.6) is 0 Å². The average Bonchev–Trinajstić information content (AvgIpc) is 3.43. The molecule has 1 unspecified atom stereocenters. The highest BCUT2D eigenvalue weighted by molar-refractivity contribution is 7.10. The monoisotopic (exact) mass is 410 g/mol. The number of nitrogens with zero attached hydrogens (tertiary/aromatic N) is 5. The molecule has 1 atom stereocenters. The smallest absolute Gasteiger partial charge is 0.243 e. The predicted octanol–water partition coefficient (Wildman–Crippen LogP) is 2.99. The molecule has 8 heteroatoms. The van der Waals surface area contributed by atoms with Crippen molar-refractivity contribution in [2.45, 2.75) is 32.4 Å². The molecule has 1 amide bonds. The number of thiophene rings is 1. The van der Waals surface area contributed by atoms with Crippen LogP contribution in [0.25, 0.3) is 11.4 Å². The molecule has 0 aliphatic carbocycles. The summed E-state index contributed by atoms with van der Waals surface area (Å²) in [5.41, 5.74) is 0.885. The Hall–Kier alpha value is -2.58. The molecule has 0 spiro atoms. The summed E-state index contributed by atoms with van der Waals surface area (Å²) in [6.45, 7) is 5.12. The third-order valence-corrected chi connectivity index (χ3v) is 6.37. The van der Waals surface area contributed by atoms with E-state index in [9.17, 15) is 4.79 Å². The Kier molecular flexibility index (Phi) is 6.31. The highest BCUT2D eigenvalue weighted by Crippen LogP contribution is 2.29. The number of likely N-dealkylation sites (tertiary alicyclic amines) is 1. The second kappa shape index (κ2) is 9.28. The second-order valence-corrected chi connectivity index (χ2v) is 8.54. The van der Waals surface area contributed by atoms with Crippen molar-refractivity contribution in [1.29, 1.82) is 0 Å². The summed E-state index contributed by atoms with van der Waals surface area (Å²) in [7, 11) is 0. The molecule has 0 saturated carbocycles. The molecule has 152 valence electrons. The first-order valence-corrected chi connectivity index (χ1v) is 10.9. The van der Waals surface area contributed by atoms with Gasteiger partial charge in [0.1, 0.15) is 6.54 Å². The lowest BCUT2D eigenvalue weighted by Crippen LogP contribution is -2.42. The maximum Gasteiger partial charge on any atom is 0.243 e. The highest BCUT2D eigenvalue weighted by atomic mass is 32.1. The van der Waals surface area contributed by atoms with E-state index in [0.29, 0.717) is 12.4 Å². The fourth-order valence-electron chi connectivity index (χ4n) is 3.64. The van der Waals surface area contributed by atoms with Gasteiger partial charge in [0.25, 0.3) is 0 Å². The minimum Gasteiger partial charge on any atom is -0.352 e. The standard InChI is InChI=1S/C21H26N6OS/c1-16-9-11-26(12-10-16)18(19-8-5-13-29-19)14-22-20(28)15-27-24-21(23-25-27)17-6-3-2-4-7-17/h2-8,13,16,18H,9-12,14-15H2,1H3,(H,22,28). The zero-order chi connectivity index (χ0) is 20.1. The summed E-state index contributed by atoms with van der Waals surface area (Å²) >= 11 is 1.75. The first-order valence-electron chi connectivity index (χ1n) is 10.1. The van der Waals surface area contributed by atoms with Gasteiger partial charge in [0.15, 0.2) is 0 Å². The van der Waals surface area contributed by atoms with Crippen molar-refractivity contribution in [3.05, 3.63) is 52.7 Å². The van der Waals surface area contributed by atoms with Crippen molar-refractivity contribution in [3.63, 3.8) is 0 Å². The Balaban J connectivity index is 1.35. The van der Waals surface area contributed by atoms with E-state index in [0.717, 1.165) is 24.6 Å². The molecule has 1 aliphatic heterocycles. The molecular formula is C21H26N6OS. The van der Waals surface area contributed by atoms with Gasteiger partial charge in [-0.1, -0.05) is 43.3 Å². The Morgan fingerprint density at radius 2 is 2.00 bits per heavy atom. The number of hydrogen-bond donors (Lipinski definition) is 1. The lowest BCUT2D eigenvalue weighted by atomic mass is 9.97. The van der Waals surface area contributed by atoms with E-state index in [-0.39, 0.29) is 18.5 Å². The van der Waals surface area contributed by atoms with E-state index in [4.69, 9.17) is 0 Å². The largest absolute Gasteiger partial charge is 0.352 e. The van der Waals surface area contributed by atoms with Gasteiger partial charge in [-0.05, 0) is 48.5 Å². The number of piperidine rings is 1. The van der Waals surface area contributed by atoms with Crippen molar-refractivity contribution in [1.82, 2.24) is 30.4 Å². The zero-order valence-corrected chi connectivity index (χ0v) is 17.4. The Bertz CT molecular complexity index is 902. The summed E-state index contributed by atoms with van der Waals surface area (Å²) in [6.07, 6.45) is 2.42. The van der Waals surface area contributed by atoms with Gasteiger partial charge in [-0.25, -0.2) is 0 Å². The van der Waals surface area contributed by atoms with Crippen LogP contribution in [0.1, 0.15) is 30.7 Å². The third kappa shape index (κ3) is 5.07. The van der Waals surface area contributed by atoms with E-state index in [1.54, 1.807) is 11.3 Å². The molecule has 3 heterocycles. The van der Waals surface area contributed by atoms with Crippen molar-refractivity contribution < 1.29 is 4.79 Å². The van der Waals surface area contributed by atoms with Crippen molar-refractivity contribution in [2.75, 3.05) is 19.6 Å².